The summed E-state index contributed by atoms with van der Waals surface area (Å²) < 4.78 is 0.564. The molecule has 0 aromatic carbocycles. The van der Waals surface area contributed by atoms with Crippen molar-refractivity contribution in [3.8, 4) is 0 Å². The standard InChI is InChI=1S/C10H15BrN2O/c1-6(2)8(4-12)7-3-9(11)10(14)13-5-7/h3,5-6,8H,4,12H2,1-2H3,(H,13,14). The Balaban J connectivity index is 3.06. The van der Waals surface area contributed by atoms with Gasteiger partial charge in [0.2, 0.25) is 0 Å². The van der Waals surface area contributed by atoms with Crippen molar-refractivity contribution in [2.45, 2.75) is 19.8 Å². The lowest BCUT2D eigenvalue weighted by atomic mass is 9.90. The summed E-state index contributed by atoms with van der Waals surface area (Å²) in [6, 6.07) is 1.84. The van der Waals surface area contributed by atoms with Gasteiger partial charge in [-0.05, 0) is 45.9 Å². The summed E-state index contributed by atoms with van der Waals surface area (Å²) in [5.74, 6) is 0.765. The second-order valence-electron chi connectivity index (χ2n) is 3.70. The summed E-state index contributed by atoms with van der Waals surface area (Å²) in [6.07, 6.45) is 1.74. The minimum atomic E-state index is -0.103. The Morgan fingerprint density at radius 2 is 2.21 bits per heavy atom. The van der Waals surface area contributed by atoms with Crippen LogP contribution in [0.15, 0.2) is 21.5 Å². The van der Waals surface area contributed by atoms with E-state index in [2.05, 4.69) is 34.8 Å². The largest absolute Gasteiger partial charge is 0.330 e. The molecule has 3 N–H and O–H groups in total. The molecule has 4 heteroatoms. The average molecular weight is 259 g/mol. The Kier molecular flexibility index (Phi) is 3.89. The average Bonchev–Trinajstić information content (AvgIpc) is 2.11. The van der Waals surface area contributed by atoms with Gasteiger partial charge in [-0.1, -0.05) is 13.8 Å². The zero-order valence-electron chi connectivity index (χ0n) is 8.38. The summed E-state index contributed by atoms with van der Waals surface area (Å²) in [5, 5.41) is 0. The molecule has 0 saturated heterocycles. The lowest BCUT2D eigenvalue weighted by Crippen LogP contribution is -2.19. The van der Waals surface area contributed by atoms with Crippen LogP contribution < -0.4 is 11.3 Å². The van der Waals surface area contributed by atoms with Gasteiger partial charge >= 0.3 is 0 Å². The summed E-state index contributed by atoms with van der Waals surface area (Å²) in [7, 11) is 0. The van der Waals surface area contributed by atoms with Crippen molar-refractivity contribution in [2.24, 2.45) is 11.7 Å². The monoisotopic (exact) mass is 258 g/mol. The van der Waals surface area contributed by atoms with Crippen molar-refractivity contribution < 1.29 is 0 Å². The molecule has 14 heavy (non-hydrogen) atoms. The molecular formula is C10H15BrN2O. The van der Waals surface area contributed by atoms with Crippen molar-refractivity contribution >= 4 is 15.9 Å². The van der Waals surface area contributed by atoms with Crippen molar-refractivity contribution in [1.29, 1.82) is 0 Å². The van der Waals surface area contributed by atoms with E-state index < -0.39 is 0 Å². The molecule has 78 valence electrons. The third-order valence-electron chi connectivity index (χ3n) is 2.37. The highest BCUT2D eigenvalue weighted by atomic mass is 79.9. The lowest BCUT2D eigenvalue weighted by molar-refractivity contribution is 0.504. The highest BCUT2D eigenvalue weighted by Gasteiger charge is 2.14. The number of nitrogens with two attached hydrogens (primary N) is 1. The number of aromatic amines is 1. The van der Waals surface area contributed by atoms with E-state index >= 15 is 0 Å². The van der Waals surface area contributed by atoms with Crippen LogP contribution in [0, 0.1) is 5.92 Å². The normalized spacial score (nSPS) is 13.2. The van der Waals surface area contributed by atoms with Gasteiger partial charge in [0, 0.05) is 6.20 Å². The molecule has 1 aromatic rings. The number of pyridine rings is 1. The Bertz CT molecular complexity index is 359. The van der Waals surface area contributed by atoms with Crippen LogP contribution in [0.3, 0.4) is 0 Å². The number of hydrogen-bond acceptors (Lipinski definition) is 2. The smallest absolute Gasteiger partial charge is 0.262 e. The molecule has 0 amide bonds. The van der Waals surface area contributed by atoms with E-state index in [9.17, 15) is 4.79 Å². The quantitative estimate of drug-likeness (QED) is 0.870. The molecule has 0 spiro atoms. The van der Waals surface area contributed by atoms with Crippen molar-refractivity contribution in [2.75, 3.05) is 6.54 Å². The molecule has 1 atom stereocenters. The second kappa shape index (κ2) is 4.75. The van der Waals surface area contributed by atoms with Crippen molar-refractivity contribution in [3.63, 3.8) is 0 Å². The predicted octanol–water partition coefficient (Wildman–Crippen LogP) is 1.84. The first kappa shape index (κ1) is 11.5. The van der Waals surface area contributed by atoms with Gasteiger partial charge in [0.1, 0.15) is 0 Å². The summed E-state index contributed by atoms with van der Waals surface area (Å²) >= 11 is 3.21. The zero-order valence-corrected chi connectivity index (χ0v) is 9.97. The molecule has 0 aliphatic rings. The molecule has 1 heterocycles. The van der Waals surface area contributed by atoms with E-state index in [0.29, 0.717) is 22.9 Å². The van der Waals surface area contributed by atoms with Crippen LogP contribution in [0.2, 0.25) is 0 Å². The van der Waals surface area contributed by atoms with Gasteiger partial charge in [0.25, 0.3) is 5.56 Å². The third-order valence-corrected chi connectivity index (χ3v) is 2.96. The van der Waals surface area contributed by atoms with Crippen molar-refractivity contribution in [3.05, 3.63) is 32.7 Å². The number of H-pyrrole nitrogens is 1. The van der Waals surface area contributed by atoms with Crippen LogP contribution in [-0.2, 0) is 0 Å². The molecule has 0 bridgehead atoms. The maximum absolute atomic E-state index is 11.1. The maximum Gasteiger partial charge on any atom is 0.262 e. The summed E-state index contributed by atoms with van der Waals surface area (Å²) in [6.45, 7) is 4.84. The van der Waals surface area contributed by atoms with Crippen LogP contribution in [0.25, 0.3) is 0 Å². The van der Waals surface area contributed by atoms with E-state index in [4.69, 9.17) is 5.73 Å². The molecule has 0 saturated carbocycles. The van der Waals surface area contributed by atoms with E-state index in [1.807, 2.05) is 6.07 Å². The van der Waals surface area contributed by atoms with Crippen molar-refractivity contribution in [1.82, 2.24) is 4.98 Å². The van der Waals surface area contributed by atoms with Crippen LogP contribution >= 0.6 is 15.9 Å². The Labute approximate surface area is 91.8 Å². The molecule has 1 aromatic heterocycles. The number of halogens is 1. The fourth-order valence-corrected chi connectivity index (χ4v) is 1.86. The molecule has 3 nitrogen and oxygen atoms in total. The predicted molar refractivity (Wildman–Crippen MR) is 61.4 cm³/mol. The minimum Gasteiger partial charge on any atom is -0.330 e. The molecule has 0 radical (unpaired) electrons. The van der Waals surface area contributed by atoms with Gasteiger partial charge in [-0.25, -0.2) is 0 Å². The second-order valence-corrected chi connectivity index (χ2v) is 4.55. The molecular weight excluding hydrogens is 244 g/mol. The van der Waals surface area contributed by atoms with Crippen LogP contribution in [0.5, 0.6) is 0 Å². The highest BCUT2D eigenvalue weighted by molar-refractivity contribution is 9.10. The van der Waals surface area contributed by atoms with E-state index in [1.165, 1.54) is 0 Å². The zero-order chi connectivity index (χ0) is 10.7. The van der Waals surface area contributed by atoms with Crippen LogP contribution in [-0.4, -0.2) is 11.5 Å². The van der Waals surface area contributed by atoms with Crippen LogP contribution in [0.4, 0.5) is 0 Å². The Morgan fingerprint density at radius 3 is 2.64 bits per heavy atom. The summed E-state index contributed by atoms with van der Waals surface area (Å²) in [5.41, 5.74) is 6.66. The number of hydrogen-bond donors (Lipinski definition) is 2. The highest BCUT2D eigenvalue weighted by Crippen LogP contribution is 2.23. The van der Waals surface area contributed by atoms with Gasteiger partial charge in [-0.3, -0.25) is 4.79 Å². The fraction of sp³-hybridized carbons (Fsp3) is 0.500. The molecule has 0 aliphatic heterocycles. The third kappa shape index (κ3) is 2.45. The van der Waals surface area contributed by atoms with Gasteiger partial charge in [-0.2, -0.15) is 0 Å². The summed E-state index contributed by atoms with van der Waals surface area (Å²) in [4.78, 5) is 13.8. The number of rotatable bonds is 3. The van der Waals surface area contributed by atoms with Gasteiger partial charge < -0.3 is 10.7 Å². The minimum absolute atomic E-state index is 0.103. The van der Waals surface area contributed by atoms with E-state index in [-0.39, 0.29) is 5.56 Å². The first-order valence-corrected chi connectivity index (χ1v) is 5.43. The van der Waals surface area contributed by atoms with Gasteiger partial charge in [0.15, 0.2) is 0 Å². The first-order chi connectivity index (χ1) is 6.56. The van der Waals surface area contributed by atoms with E-state index in [0.717, 1.165) is 5.56 Å². The number of aromatic nitrogens is 1. The Hall–Kier alpha value is -0.610. The Morgan fingerprint density at radius 1 is 1.57 bits per heavy atom. The lowest BCUT2D eigenvalue weighted by Gasteiger charge is -2.18. The molecule has 0 fully saturated rings. The molecule has 0 aliphatic carbocycles. The first-order valence-electron chi connectivity index (χ1n) is 4.64. The van der Waals surface area contributed by atoms with E-state index in [1.54, 1.807) is 6.20 Å². The topological polar surface area (TPSA) is 58.9 Å². The maximum atomic E-state index is 11.1. The molecule has 1 unspecified atom stereocenters. The van der Waals surface area contributed by atoms with Crippen LogP contribution in [0.1, 0.15) is 25.3 Å². The SMILES string of the molecule is CC(C)C(CN)c1c[nH]c(=O)c(Br)c1. The fourth-order valence-electron chi connectivity index (χ4n) is 1.48. The number of nitrogens with one attached hydrogen (secondary N) is 1. The van der Waals surface area contributed by atoms with Gasteiger partial charge in [-0.15, -0.1) is 0 Å². The van der Waals surface area contributed by atoms with Gasteiger partial charge in [0.05, 0.1) is 4.47 Å². The molecule has 1 rings (SSSR count).